The van der Waals surface area contributed by atoms with E-state index in [9.17, 15) is 4.79 Å². The summed E-state index contributed by atoms with van der Waals surface area (Å²) in [4.78, 5) is 15.4. The van der Waals surface area contributed by atoms with E-state index < -0.39 is 0 Å². The van der Waals surface area contributed by atoms with Crippen LogP contribution >= 0.6 is 0 Å². The molecule has 2 heteroatoms. The number of nitrogens with zero attached hydrogens (tertiary/aromatic N) is 1. The SMILES string of the molecule is C/C=C(\c1ccccc1)C(C(=O)N1CCCCC1)c1ccccc1. The standard InChI is InChI=1S/C22H25NO/c1-2-20(18-12-6-3-7-13-18)21(19-14-8-4-9-15-19)22(24)23-16-10-5-11-17-23/h2-4,6-9,12-15,21H,5,10-11,16-17H2,1H3/b20-2+. The van der Waals surface area contributed by atoms with Gasteiger partial charge in [-0.3, -0.25) is 4.79 Å². The molecule has 3 rings (SSSR count). The van der Waals surface area contributed by atoms with Gasteiger partial charge in [0, 0.05) is 13.1 Å². The molecule has 0 aromatic heterocycles. The Kier molecular flexibility index (Phi) is 5.47. The number of rotatable bonds is 4. The van der Waals surface area contributed by atoms with Gasteiger partial charge in [0.2, 0.25) is 5.91 Å². The normalized spacial score (nSPS) is 16.7. The first-order valence-corrected chi connectivity index (χ1v) is 8.86. The first kappa shape index (κ1) is 16.5. The van der Waals surface area contributed by atoms with Gasteiger partial charge in [-0.2, -0.15) is 0 Å². The van der Waals surface area contributed by atoms with Crippen LogP contribution in [0.1, 0.15) is 43.2 Å². The van der Waals surface area contributed by atoms with Crippen LogP contribution in [0.4, 0.5) is 0 Å². The minimum atomic E-state index is -0.225. The van der Waals surface area contributed by atoms with Crippen LogP contribution in [0.15, 0.2) is 66.7 Å². The molecule has 1 fully saturated rings. The molecular formula is C22H25NO. The zero-order chi connectivity index (χ0) is 16.8. The maximum Gasteiger partial charge on any atom is 0.234 e. The largest absolute Gasteiger partial charge is 0.342 e. The number of amides is 1. The predicted octanol–water partition coefficient (Wildman–Crippen LogP) is 4.89. The van der Waals surface area contributed by atoms with Gasteiger partial charge in [-0.15, -0.1) is 0 Å². The Morgan fingerprint density at radius 1 is 0.917 bits per heavy atom. The van der Waals surface area contributed by atoms with Crippen molar-refractivity contribution in [3.05, 3.63) is 77.9 Å². The monoisotopic (exact) mass is 319 g/mol. The summed E-state index contributed by atoms with van der Waals surface area (Å²) in [5, 5.41) is 0. The quantitative estimate of drug-likeness (QED) is 0.786. The molecule has 24 heavy (non-hydrogen) atoms. The summed E-state index contributed by atoms with van der Waals surface area (Å²) in [6, 6.07) is 20.4. The summed E-state index contributed by atoms with van der Waals surface area (Å²) >= 11 is 0. The number of carbonyl (C=O) groups is 1. The number of carbonyl (C=O) groups excluding carboxylic acids is 1. The topological polar surface area (TPSA) is 20.3 Å². The van der Waals surface area contributed by atoms with Crippen LogP contribution in [-0.2, 0) is 4.79 Å². The Hall–Kier alpha value is -2.35. The summed E-state index contributed by atoms with van der Waals surface area (Å²) in [5.74, 6) is 0.00885. The molecule has 0 N–H and O–H groups in total. The molecule has 0 spiro atoms. The number of likely N-dealkylation sites (tertiary alicyclic amines) is 1. The molecule has 1 amide bonds. The van der Waals surface area contributed by atoms with Crippen molar-refractivity contribution in [2.75, 3.05) is 13.1 Å². The van der Waals surface area contributed by atoms with Crippen LogP contribution in [0, 0.1) is 0 Å². The van der Waals surface area contributed by atoms with Gasteiger partial charge in [-0.25, -0.2) is 0 Å². The Morgan fingerprint density at radius 2 is 1.50 bits per heavy atom. The Labute approximate surface area is 144 Å². The van der Waals surface area contributed by atoms with E-state index in [1.165, 1.54) is 6.42 Å². The lowest BCUT2D eigenvalue weighted by Gasteiger charge is -2.32. The number of piperidine rings is 1. The average molecular weight is 319 g/mol. The minimum absolute atomic E-state index is 0.225. The van der Waals surface area contributed by atoms with E-state index in [0.717, 1.165) is 42.6 Å². The van der Waals surface area contributed by atoms with Crippen LogP contribution in [0.3, 0.4) is 0 Å². The van der Waals surface area contributed by atoms with Gasteiger partial charge in [0.05, 0.1) is 5.92 Å². The number of hydrogen-bond acceptors (Lipinski definition) is 1. The highest BCUT2D eigenvalue weighted by molar-refractivity contribution is 5.97. The van der Waals surface area contributed by atoms with Crippen LogP contribution in [0.25, 0.3) is 5.57 Å². The second kappa shape index (κ2) is 7.96. The fourth-order valence-corrected chi connectivity index (χ4v) is 3.53. The highest BCUT2D eigenvalue weighted by atomic mass is 16.2. The van der Waals surface area contributed by atoms with Crippen molar-refractivity contribution in [1.29, 1.82) is 0 Å². The lowest BCUT2D eigenvalue weighted by atomic mass is 9.85. The third-order valence-corrected chi connectivity index (χ3v) is 4.78. The molecule has 0 aliphatic carbocycles. The van der Waals surface area contributed by atoms with Crippen molar-refractivity contribution in [2.24, 2.45) is 0 Å². The van der Waals surface area contributed by atoms with Crippen LogP contribution in [0.5, 0.6) is 0 Å². The molecule has 1 atom stereocenters. The number of benzene rings is 2. The van der Waals surface area contributed by atoms with Gasteiger partial charge in [0.15, 0.2) is 0 Å². The van der Waals surface area contributed by atoms with E-state index in [4.69, 9.17) is 0 Å². The van der Waals surface area contributed by atoms with Crippen molar-refractivity contribution < 1.29 is 4.79 Å². The Bertz CT molecular complexity index is 684. The van der Waals surface area contributed by atoms with Crippen molar-refractivity contribution in [1.82, 2.24) is 4.90 Å². The first-order chi connectivity index (χ1) is 11.8. The van der Waals surface area contributed by atoms with E-state index in [-0.39, 0.29) is 11.8 Å². The van der Waals surface area contributed by atoms with Gasteiger partial charge in [0.1, 0.15) is 0 Å². The molecule has 1 heterocycles. The zero-order valence-electron chi connectivity index (χ0n) is 14.3. The highest BCUT2D eigenvalue weighted by Crippen LogP contribution is 2.34. The molecule has 2 aromatic carbocycles. The number of allylic oxidation sites excluding steroid dienone is 1. The third kappa shape index (κ3) is 3.59. The van der Waals surface area contributed by atoms with Crippen molar-refractivity contribution >= 4 is 11.5 Å². The second-order valence-electron chi connectivity index (χ2n) is 6.34. The molecule has 2 nitrogen and oxygen atoms in total. The predicted molar refractivity (Wildman–Crippen MR) is 99.7 cm³/mol. The molecule has 0 radical (unpaired) electrons. The van der Waals surface area contributed by atoms with E-state index in [0.29, 0.717) is 0 Å². The fourth-order valence-electron chi connectivity index (χ4n) is 3.53. The molecule has 1 unspecified atom stereocenters. The Morgan fingerprint density at radius 3 is 2.08 bits per heavy atom. The number of hydrogen-bond donors (Lipinski definition) is 0. The van der Waals surface area contributed by atoms with E-state index >= 15 is 0 Å². The highest BCUT2D eigenvalue weighted by Gasteiger charge is 2.30. The first-order valence-electron chi connectivity index (χ1n) is 8.86. The van der Waals surface area contributed by atoms with Crippen LogP contribution in [0.2, 0.25) is 0 Å². The van der Waals surface area contributed by atoms with E-state index in [1.807, 2.05) is 48.2 Å². The molecule has 1 aliphatic rings. The second-order valence-corrected chi connectivity index (χ2v) is 6.34. The Balaban J connectivity index is 2.00. The van der Waals surface area contributed by atoms with Crippen molar-refractivity contribution in [3.63, 3.8) is 0 Å². The van der Waals surface area contributed by atoms with Gasteiger partial charge >= 0.3 is 0 Å². The average Bonchev–Trinajstić information content (AvgIpc) is 2.67. The van der Waals surface area contributed by atoms with Gasteiger partial charge in [-0.05, 0) is 42.9 Å². The molecule has 0 bridgehead atoms. The minimum Gasteiger partial charge on any atom is -0.342 e. The molecule has 1 saturated heterocycles. The molecule has 2 aromatic rings. The third-order valence-electron chi connectivity index (χ3n) is 4.78. The molecule has 1 aliphatic heterocycles. The van der Waals surface area contributed by atoms with Crippen molar-refractivity contribution in [2.45, 2.75) is 32.1 Å². The summed E-state index contributed by atoms with van der Waals surface area (Å²) in [6.07, 6.45) is 5.55. The van der Waals surface area contributed by atoms with E-state index in [1.54, 1.807) is 0 Å². The summed E-state index contributed by atoms with van der Waals surface area (Å²) in [7, 11) is 0. The smallest absolute Gasteiger partial charge is 0.234 e. The maximum absolute atomic E-state index is 13.4. The van der Waals surface area contributed by atoms with Crippen molar-refractivity contribution in [3.8, 4) is 0 Å². The molecular weight excluding hydrogens is 294 g/mol. The molecule has 124 valence electrons. The fraction of sp³-hybridized carbons (Fsp3) is 0.318. The van der Waals surface area contributed by atoms with Gasteiger partial charge < -0.3 is 4.90 Å². The van der Waals surface area contributed by atoms with Crippen LogP contribution in [-0.4, -0.2) is 23.9 Å². The van der Waals surface area contributed by atoms with E-state index in [2.05, 4.69) is 30.3 Å². The summed E-state index contributed by atoms with van der Waals surface area (Å²) < 4.78 is 0. The van der Waals surface area contributed by atoms with Crippen LogP contribution < -0.4 is 0 Å². The van der Waals surface area contributed by atoms with Gasteiger partial charge in [0.25, 0.3) is 0 Å². The zero-order valence-corrected chi connectivity index (χ0v) is 14.3. The molecule has 0 saturated carbocycles. The lowest BCUT2D eigenvalue weighted by Crippen LogP contribution is -2.39. The maximum atomic E-state index is 13.4. The summed E-state index contributed by atoms with van der Waals surface area (Å²) in [5.41, 5.74) is 3.29. The lowest BCUT2D eigenvalue weighted by molar-refractivity contribution is -0.132. The summed E-state index contributed by atoms with van der Waals surface area (Å²) in [6.45, 7) is 3.80. The van der Waals surface area contributed by atoms with Gasteiger partial charge in [-0.1, -0.05) is 66.7 Å².